The zero-order valence-electron chi connectivity index (χ0n) is 4.51. The average Bonchev–Trinajstić information content (AvgIpc) is 1.55. The van der Waals surface area contributed by atoms with Gasteiger partial charge < -0.3 is 4.74 Å². The van der Waals surface area contributed by atoms with Crippen molar-refractivity contribution in [3.05, 3.63) is 11.2 Å². The molecule has 0 saturated carbocycles. The van der Waals surface area contributed by atoms with E-state index in [0.717, 1.165) is 11.5 Å². The van der Waals surface area contributed by atoms with Crippen LogP contribution < -0.4 is 0 Å². The SMILES string of the molecule is CC(=O)OC1=CSC1. The molecule has 0 atom stereocenters. The molecule has 1 aliphatic rings. The van der Waals surface area contributed by atoms with Gasteiger partial charge in [0.25, 0.3) is 0 Å². The van der Waals surface area contributed by atoms with Crippen LogP contribution in [0, 0.1) is 0 Å². The normalized spacial score (nSPS) is 16.4. The minimum atomic E-state index is -0.225. The molecule has 0 aliphatic carbocycles. The molecule has 0 fully saturated rings. The molecule has 0 bridgehead atoms. The number of carbonyl (C=O) groups excluding carboxylic acids is 1. The number of thioether (sulfide) groups is 1. The number of ether oxygens (including phenoxy) is 1. The smallest absolute Gasteiger partial charge is 0.307 e. The van der Waals surface area contributed by atoms with Crippen LogP contribution in [0.25, 0.3) is 0 Å². The fourth-order valence-corrected chi connectivity index (χ4v) is 0.799. The topological polar surface area (TPSA) is 26.3 Å². The van der Waals surface area contributed by atoms with E-state index in [2.05, 4.69) is 4.74 Å². The van der Waals surface area contributed by atoms with Gasteiger partial charge in [-0.05, 0) is 0 Å². The van der Waals surface area contributed by atoms with Crippen LogP contribution in [0.4, 0.5) is 0 Å². The molecule has 0 N–H and O–H groups in total. The first kappa shape index (κ1) is 5.69. The summed E-state index contributed by atoms with van der Waals surface area (Å²) in [6, 6.07) is 0. The summed E-state index contributed by atoms with van der Waals surface area (Å²) in [5, 5.41) is 1.83. The molecule has 0 spiro atoms. The molecule has 1 rings (SSSR count). The molecule has 0 aromatic carbocycles. The van der Waals surface area contributed by atoms with Crippen molar-refractivity contribution in [1.82, 2.24) is 0 Å². The first-order valence-electron chi connectivity index (χ1n) is 2.28. The molecule has 1 aliphatic heterocycles. The maximum Gasteiger partial charge on any atom is 0.307 e. The predicted molar refractivity (Wildman–Crippen MR) is 32.3 cm³/mol. The molecule has 0 aromatic rings. The largest absolute Gasteiger partial charge is 0.430 e. The monoisotopic (exact) mass is 130 g/mol. The lowest BCUT2D eigenvalue weighted by Crippen LogP contribution is -2.04. The quantitative estimate of drug-likeness (QED) is 0.498. The fraction of sp³-hybridized carbons (Fsp3) is 0.400. The summed E-state index contributed by atoms with van der Waals surface area (Å²) in [7, 11) is 0. The van der Waals surface area contributed by atoms with Crippen LogP contribution in [-0.2, 0) is 9.53 Å². The summed E-state index contributed by atoms with van der Waals surface area (Å²) in [6.07, 6.45) is 0. The van der Waals surface area contributed by atoms with Crippen LogP contribution >= 0.6 is 11.8 Å². The Morgan fingerprint density at radius 2 is 2.62 bits per heavy atom. The van der Waals surface area contributed by atoms with Crippen molar-refractivity contribution in [3.63, 3.8) is 0 Å². The Kier molecular flexibility index (Phi) is 1.58. The molecule has 0 amide bonds. The molecule has 0 unspecified atom stereocenters. The molecular formula is C5H6O2S. The van der Waals surface area contributed by atoms with E-state index in [1.54, 1.807) is 11.8 Å². The van der Waals surface area contributed by atoms with Crippen LogP contribution in [-0.4, -0.2) is 11.7 Å². The van der Waals surface area contributed by atoms with Crippen LogP contribution in [0.15, 0.2) is 11.2 Å². The van der Waals surface area contributed by atoms with Crippen LogP contribution in [0.2, 0.25) is 0 Å². The van der Waals surface area contributed by atoms with Crippen molar-refractivity contribution in [2.24, 2.45) is 0 Å². The lowest BCUT2D eigenvalue weighted by molar-refractivity contribution is -0.136. The van der Waals surface area contributed by atoms with Crippen molar-refractivity contribution in [1.29, 1.82) is 0 Å². The van der Waals surface area contributed by atoms with E-state index >= 15 is 0 Å². The van der Waals surface area contributed by atoms with Crippen LogP contribution in [0.5, 0.6) is 0 Å². The van der Waals surface area contributed by atoms with E-state index in [-0.39, 0.29) is 5.97 Å². The fourth-order valence-electron chi connectivity index (χ4n) is 0.390. The predicted octanol–water partition coefficient (Wildman–Crippen LogP) is 1.14. The highest BCUT2D eigenvalue weighted by Gasteiger charge is 2.08. The Bertz CT molecular complexity index is 139. The maximum absolute atomic E-state index is 10.2. The van der Waals surface area contributed by atoms with Crippen molar-refractivity contribution in [2.75, 3.05) is 5.75 Å². The number of esters is 1. The van der Waals surface area contributed by atoms with E-state index in [1.165, 1.54) is 6.92 Å². The Balaban J connectivity index is 2.29. The van der Waals surface area contributed by atoms with E-state index in [4.69, 9.17) is 0 Å². The van der Waals surface area contributed by atoms with Gasteiger partial charge in [-0.15, -0.1) is 11.8 Å². The Morgan fingerprint density at radius 1 is 2.00 bits per heavy atom. The van der Waals surface area contributed by atoms with Gasteiger partial charge in [0, 0.05) is 12.3 Å². The maximum atomic E-state index is 10.2. The first-order chi connectivity index (χ1) is 3.79. The highest BCUT2D eigenvalue weighted by atomic mass is 32.2. The second-order valence-corrected chi connectivity index (χ2v) is 2.35. The van der Waals surface area contributed by atoms with E-state index in [0.29, 0.717) is 0 Å². The zero-order valence-corrected chi connectivity index (χ0v) is 5.33. The number of rotatable bonds is 1. The van der Waals surface area contributed by atoms with Gasteiger partial charge in [-0.3, -0.25) is 4.79 Å². The van der Waals surface area contributed by atoms with Crippen molar-refractivity contribution >= 4 is 17.7 Å². The zero-order chi connectivity index (χ0) is 5.98. The molecule has 44 valence electrons. The van der Waals surface area contributed by atoms with E-state index in [9.17, 15) is 4.79 Å². The summed E-state index contributed by atoms with van der Waals surface area (Å²) >= 11 is 1.65. The molecule has 2 nitrogen and oxygen atoms in total. The molecular weight excluding hydrogens is 124 g/mol. The van der Waals surface area contributed by atoms with E-state index < -0.39 is 0 Å². The van der Waals surface area contributed by atoms with Gasteiger partial charge in [-0.25, -0.2) is 0 Å². The van der Waals surface area contributed by atoms with Gasteiger partial charge in [-0.1, -0.05) is 0 Å². The standard InChI is InChI=1S/C5H6O2S/c1-4(6)7-5-2-8-3-5/h2H,3H2,1H3. The summed E-state index contributed by atoms with van der Waals surface area (Å²) < 4.78 is 4.69. The molecule has 0 saturated heterocycles. The summed E-state index contributed by atoms with van der Waals surface area (Å²) in [5.74, 6) is 1.42. The Hall–Kier alpha value is -0.440. The number of hydrogen-bond donors (Lipinski definition) is 0. The molecule has 0 radical (unpaired) electrons. The van der Waals surface area contributed by atoms with Gasteiger partial charge in [0.05, 0.1) is 5.75 Å². The minimum Gasteiger partial charge on any atom is -0.430 e. The minimum absolute atomic E-state index is 0.225. The lowest BCUT2D eigenvalue weighted by Gasteiger charge is -2.10. The second-order valence-electron chi connectivity index (χ2n) is 1.49. The third kappa shape index (κ3) is 1.26. The number of hydrogen-bond acceptors (Lipinski definition) is 3. The van der Waals surface area contributed by atoms with Gasteiger partial charge >= 0.3 is 5.97 Å². The van der Waals surface area contributed by atoms with Gasteiger partial charge in [0.15, 0.2) is 0 Å². The highest BCUT2D eigenvalue weighted by molar-refractivity contribution is 8.03. The van der Waals surface area contributed by atoms with Crippen LogP contribution in [0.3, 0.4) is 0 Å². The molecule has 1 heterocycles. The van der Waals surface area contributed by atoms with Crippen molar-refractivity contribution in [3.8, 4) is 0 Å². The molecule has 0 aromatic heterocycles. The molecule has 3 heteroatoms. The summed E-state index contributed by atoms with van der Waals surface area (Å²) in [6.45, 7) is 1.41. The van der Waals surface area contributed by atoms with Gasteiger partial charge in [-0.2, -0.15) is 0 Å². The Labute approximate surface area is 51.9 Å². The lowest BCUT2D eigenvalue weighted by atomic mass is 10.6. The average molecular weight is 130 g/mol. The molecule has 8 heavy (non-hydrogen) atoms. The third-order valence-corrected chi connectivity index (χ3v) is 1.60. The Morgan fingerprint density at radius 3 is 2.75 bits per heavy atom. The highest BCUT2D eigenvalue weighted by Crippen LogP contribution is 2.23. The summed E-state index contributed by atoms with van der Waals surface area (Å²) in [5.41, 5.74) is 0. The third-order valence-electron chi connectivity index (χ3n) is 0.715. The van der Waals surface area contributed by atoms with Crippen molar-refractivity contribution < 1.29 is 9.53 Å². The summed E-state index contributed by atoms with van der Waals surface area (Å²) in [4.78, 5) is 10.2. The number of carbonyl (C=O) groups is 1. The van der Waals surface area contributed by atoms with Crippen molar-refractivity contribution in [2.45, 2.75) is 6.92 Å². The van der Waals surface area contributed by atoms with Gasteiger partial charge in [0.1, 0.15) is 5.76 Å². The van der Waals surface area contributed by atoms with Crippen LogP contribution in [0.1, 0.15) is 6.92 Å². The second kappa shape index (κ2) is 2.22. The van der Waals surface area contributed by atoms with E-state index in [1.807, 2.05) is 5.41 Å². The van der Waals surface area contributed by atoms with Gasteiger partial charge in [0.2, 0.25) is 0 Å². The first-order valence-corrected chi connectivity index (χ1v) is 3.33.